The predicted octanol–water partition coefficient (Wildman–Crippen LogP) is 1.67. The summed E-state index contributed by atoms with van der Waals surface area (Å²) in [6, 6.07) is 0. The van der Waals surface area contributed by atoms with Gasteiger partial charge in [-0.1, -0.05) is 6.92 Å². The van der Waals surface area contributed by atoms with Crippen molar-refractivity contribution >= 4 is 15.6 Å². The molecule has 0 N–H and O–H groups in total. The van der Waals surface area contributed by atoms with Crippen LogP contribution in [-0.4, -0.2) is 54.4 Å². The largest absolute Gasteiger partial charge is 0.470 e. The SMILES string of the molecule is CCS(=O)(=O)CC(=O)c1cnc(OCC(F)(F)C(F)(F)F)cn1. The molecule has 0 saturated carbocycles. The quantitative estimate of drug-likeness (QED) is 0.542. The first-order valence-electron chi connectivity index (χ1n) is 6.01. The zero-order valence-corrected chi connectivity index (χ0v) is 12.4. The van der Waals surface area contributed by atoms with Gasteiger partial charge in [0.2, 0.25) is 5.88 Å². The van der Waals surface area contributed by atoms with Crippen LogP contribution in [0.2, 0.25) is 0 Å². The van der Waals surface area contributed by atoms with Crippen LogP contribution in [-0.2, 0) is 9.84 Å². The summed E-state index contributed by atoms with van der Waals surface area (Å²) in [6.07, 6.45) is -4.39. The van der Waals surface area contributed by atoms with Crippen molar-refractivity contribution in [3.05, 3.63) is 18.1 Å². The average Bonchev–Trinajstić information content (AvgIpc) is 2.44. The van der Waals surface area contributed by atoms with E-state index in [1.54, 1.807) is 0 Å². The molecule has 1 aromatic heterocycles. The molecule has 23 heavy (non-hydrogen) atoms. The van der Waals surface area contributed by atoms with E-state index in [4.69, 9.17) is 0 Å². The third-order valence-corrected chi connectivity index (χ3v) is 4.10. The van der Waals surface area contributed by atoms with Crippen LogP contribution in [0.1, 0.15) is 17.4 Å². The number of nitrogens with zero attached hydrogens (tertiary/aromatic N) is 2. The van der Waals surface area contributed by atoms with E-state index < -0.39 is 46.0 Å². The van der Waals surface area contributed by atoms with Gasteiger partial charge in [-0.15, -0.1) is 0 Å². The van der Waals surface area contributed by atoms with Crippen molar-refractivity contribution in [3.8, 4) is 5.88 Å². The second kappa shape index (κ2) is 6.72. The molecule has 0 aliphatic rings. The number of carbonyl (C=O) groups excluding carboxylic acids is 1. The summed E-state index contributed by atoms with van der Waals surface area (Å²) in [6.45, 7) is -0.658. The molecule has 0 aliphatic heterocycles. The van der Waals surface area contributed by atoms with Gasteiger partial charge in [0.25, 0.3) is 0 Å². The fourth-order valence-corrected chi connectivity index (χ4v) is 1.91. The molecule has 0 aromatic carbocycles. The van der Waals surface area contributed by atoms with Crippen LogP contribution in [0.25, 0.3) is 0 Å². The fraction of sp³-hybridized carbons (Fsp3) is 0.545. The van der Waals surface area contributed by atoms with E-state index in [2.05, 4.69) is 14.7 Å². The number of ketones is 1. The lowest BCUT2D eigenvalue weighted by Crippen LogP contribution is -2.41. The molecule has 0 atom stereocenters. The Morgan fingerprint density at radius 1 is 1.17 bits per heavy atom. The normalized spacial score (nSPS) is 13.0. The van der Waals surface area contributed by atoms with Gasteiger partial charge < -0.3 is 4.74 Å². The second-order valence-electron chi connectivity index (χ2n) is 4.33. The lowest BCUT2D eigenvalue weighted by molar-refractivity contribution is -0.290. The van der Waals surface area contributed by atoms with Crippen molar-refractivity contribution in [2.45, 2.75) is 19.0 Å². The Morgan fingerprint density at radius 3 is 2.22 bits per heavy atom. The van der Waals surface area contributed by atoms with E-state index in [1.165, 1.54) is 6.92 Å². The number of hydrogen-bond acceptors (Lipinski definition) is 6. The summed E-state index contributed by atoms with van der Waals surface area (Å²) < 4.78 is 87.8. The average molecular weight is 362 g/mol. The Morgan fingerprint density at radius 2 is 1.78 bits per heavy atom. The number of sulfone groups is 1. The maximum Gasteiger partial charge on any atom is 0.456 e. The van der Waals surface area contributed by atoms with E-state index in [-0.39, 0.29) is 11.4 Å². The van der Waals surface area contributed by atoms with E-state index in [0.29, 0.717) is 6.20 Å². The fourth-order valence-electron chi connectivity index (χ4n) is 1.16. The number of halogens is 5. The number of hydrogen-bond donors (Lipinski definition) is 0. The summed E-state index contributed by atoms with van der Waals surface area (Å²) in [7, 11) is -3.60. The zero-order chi connectivity index (χ0) is 17.9. The molecular weight excluding hydrogens is 351 g/mol. The monoisotopic (exact) mass is 362 g/mol. The first kappa shape index (κ1) is 19.2. The van der Waals surface area contributed by atoms with Gasteiger partial charge >= 0.3 is 12.1 Å². The Kier molecular flexibility index (Phi) is 5.61. The number of aromatic nitrogens is 2. The molecule has 12 heteroatoms. The number of alkyl halides is 5. The van der Waals surface area contributed by atoms with Gasteiger partial charge in [0, 0.05) is 5.75 Å². The zero-order valence-electron chi connectivity index (χ0n) is 11.6. The van der Waals surface area contributed by atoms with Crippen LogP contribution < -0.4 is 4.74 Å². The first-order chi connectivity index (χ1) is 10.4. The maximum absolute atomic E-state index is 12.6. The molecule has 1 rings (SSSR count). The van der Waals surface area contributed by atoms with Crippen LogP contribution in [0.4, 0.5) is 22.0 Å². The molecule has 0 radical (unpaired) electrons. The lowest BCUT2D eigenvalue weighted by Gasteiger charge is -2.19. The molecule has 1 aromatic rings. The molecule has 0 saturated heterocycles. The third kappa shape index (κ3) is 5.37. The maximum atomic E-state index is 12.6. The number of rotatable bonds is 7. The van der Waals surface area contributed by atoms with Crippen LogP contribution in [0.3, 0.4) is 0 Å². The summed E-state index contributed by atoms with van der Waals surface area (Å²) >= 11 is 0. The Bertz CT molecular complexity index is 658. The van der Waals surface area contributed by atoms with Crippen LogP contribution in [0, 0.1) is 0 Å². The number of Topliss-reactive ketones (excluding diaryl/α,β-unsaturated/α-hetero) is 1. The highest BCUT2D eigenvalue weighted by Gasteiger charge is 2.58. The standard InChI is InChI=1S/C11H11F5N2O4S/c1-2-23(20,21)5-8(19)7-3-18-9(4-17-7)22-6-10(12,13)11(14,15)16/h3-4H,2,5-6H2,1H3. The molecule has 0 aliphatic carbocycles. The molecule has 0 unspecified atom stereocenters. The minimum Gasteiger partial charge on any atom is -0.470 e. The Labute approximate surface area is 127 Å². The Balaban J connectivity index is 2.73. The molecule has 0 bridgehead atoms. The summed E-state index contributed by atoms with van der Waals surface area (Å²) in [4.78, 5) is 18.4. The van der Waals surface area contributed by atoms with Crippen LogP contribution in [0.15, 0.2) is 12.4 Å². The van der Waals surface area contributed by atoms with Gasteiger partial charge in [0.15, 0.2) is 22.2 Å². The summed E-state index contributed by atoms with van der Waals surface area (Å²) in [5.41, 5.74) is -0.378. The minimum absolute atomic E-state index is 0.264. The van der Waals surface area contributed by atoms with Crippen molar-refractivity contribution < 1.29 is 39.9 Å². The van der Waals surface area contributed by atoms with Gasteiger partial charge in [0.1, 0.15) is 11.4 Å². The van der Waals surface area contributed by atoms with Crippen molar-refractivity contribution in [1.29, 1.82) is 0 Å². The van der Waals surface area contributed by atoms with Crippen LogP contribution >= 0.6 is 0 Å². The molecule has 0 amide bonds. The van der Waals surface area contributed by atoms with Crippen molar-refractivity contribution in [2.75, 3.05) is 18.1 Å². The second-order valence-corrected chi connectivity index (χ2v) is 6.68. The van der Waals surface area contributed by atoms with E-state index in [1.807, 2.05) is 0 Å². The lowest BCUT2D eigenvalue weighted by atomic mass is 10.3. The van der Waals surface area contributed by atoms with Crippen molar-refractivity contribution in [3.63, 3.8) is 0 Å². The minimum atomic E-state index is -5.77. The van der Waals surface area contributed by atoms with Gasteiger partial charge in [-0.2, -0.15) is 22.0 Å². The molecule has 0 fully saturated rings. The molecule has 1 heterocycles. The van der Waals surface area contributed by atoms with E-state index in [0.717, 1.165) is 6.20 Å². The third-order valence-electron chi connectivity index (χ3n) is 2.52. The van der Waals surface area contributed by atoms with Gasteiger partial charge in [-0.3, -0.25) is 4.79 Å². The van der Waals surface area contributed by atoms with Crippen molar-refractivity contribution in [2.24, 2.45) is 0 Å². The smallest absolute Gasteiger partial charge is 0.456 e. The topological polar surface area (TPSA) is 86.2 Å². The molecule has 6 nitrogen and oxygen atoms in total. The predicted molar refractivity (Wildman–Crippen MR) is 67.2 cm³/mol. The van der Waals surface area contributed by atoms with E-state index in [9.17, 15) is 35.2 Å². The van der Waals surface area contributed by atoms with E-state index >= 15 is 0 Å². The first-order valence-corrected chi connectivity index (χ1v) is 7.83. The highest BCUT2D eigenvalue weighted by molar-refractivity contribution is 7.92. The van der Waals surface area contributed by atoms with Crippen molar-refractivity contribution in [1.82, 2.24) is 9.97 Å². The molecular formula is C11H11F5N2O4S. The summed E-state index contributed by atoms with van der Waals surface area (Å²) in [5.74, 6) is -7.70. The number of carbonyl (C=O) groups is 1. The molecule has 0 spiro atoms. The number of ether oxygens (including phenoxy) is 1. The highest BCUT2D eigenvalue weighted by Crippen LogP contribution is 2.35. The Hall–Kier alpha value is -1.85. The van der Waals surface area contributed by atoms with Gasteiger partial charge in [0.05, 0.1) is 12.4 Å². The summed E-state index contributed by atoms with van der Waals surface area (Å²) in [5, 5.41) is 0. The molecule has 130 valence electrons. The van der Waals surface area contributed by atoms with Gasteiger partial charge in [-0.05, 0) is 0 Å². The van der Waals surface area contributed by atoms with Gasteiger partial charge in [-0.25, -0.2) is 18.4 Å². The highest BCUT2D eigenvalue weighted by atomic mass is 32.2. The van der Waals surface area contributed by atoms with Crippen LogP contribution in [0.5, 0.6) is 5.88 Å².